The van der Waals surface area contributed by atoms with Gasteiger partial charge in [-0.2, -0.15) is 0 Å². The molecule has 0 fully saturated rings. The van der Waals surface area contributed by atoms with E-state index in [1.165, 1.54) is 6.07 Å². The minimum Gasteiger partial charge on any atom is -0.454 e. The minimum atomic E-state index is -1.89. The van der Waals surface area contributed by atoms with Gasteiger partial charge in [0.1, 0.15) is 5.75 Å². The number of fused-ring (bicyclic) bond motifs is 1. The van der Waals surface area contributed by atoms with E-state index < -0.39 is 13.9 Å². The molecule has 0 saturated heterocycles. The Hall–Kier alpha value is -2.44. The molecule has 1 atom stereocenters. The van der Waals surface area contributed by atoms with Crippen molar-refractivity contribution in [3.05, 3.63) is 74.5 Å². The number of nitrogens with zero attached hydrogens (tertiary/aromatic N) is 1. The third-order valence-electron chi connectivity index (χ3n) is 4.71. The summed E-state index contributed by atoms with van der Waals surface area (Å²) in [6.07, 6.45) is 2.02. The first-order chi connectivity index (χ1) is 12.2. The van der Waals surface area contributed by atoms with Crippen LogP contribution in [-0.2, 0) is 10.5 Å². The van der Waals surface area contributed by atoms with Crippen LogP contribution in [0.5, 0.6) is 5.75 Å². The highest BCUT2D eigenvalue weighted by molar-refractivity contribution is 6.84. The SMILES string of the molecule is COC1(c2ccccc2C)Oc2ccc([N+](=O)[O-])cc2C=C1[Si](C)(C)C. The lowest BCUT2D eigenvalue weighted by Gasteiger charge is -2.43. The molecule has 0 aliphatic carbocycles. The van der Waals surface area contributed by atoms with Crippen LogP contribution >= 0.6 is 0 Å². The lowest BCUT2D eigenvalue weighted by atomic mass is 9.96. The van der Waals surface area contributed by atoms with Crippen molar-refractivity contribution in [1.29, 1.82) is 0 Å². The van der Waals surface area contributed by atoms with Gasteiger partial charge in [0.05, 0.1) is 13.0 Å². The minimum absolute atomic E-state index is 0.0549. The largest absolute Gasteiger partial charge is 0.454 e. The summed E-state index contributed by atoms with van der Waals surface area (Å²) in [6.45, 7) is 8.69. The van der Waals surface area contributed by atoms with Crippen molar-refractivity contribution in [3.63, 3.8) is 0 Å². The maximum atomic E-state index is 11.1. The van der Waals surface area contributed by atoms with Gasteiger partial charge >= 0.3 is 0 Å². The van der Waals surface area contributed by atoms with Gasteiger partial charge < -0.3 is 9.47 Å². The molecule has 0 spiro atoms. The molecule has 0 bridgehead atoms. The molecule has 1 heterocycles. The number of nitro groups is 1. The Balaban J connectivity index is 2.28. The van der Waals surface area contributed by atoms with Crippen molar-refractivity contribution in [2.24, 2.45) is 0 Å². The van der Waals surface area contributed by atoms with E-state index in [1.807, 2.05) is 37.3 Å². The van der Waals surface area contributed by atoms with E-state index in [0.717, 1.165) is 21.9 Å². The van der Waals surface area contributed by atoms with Crippen LogP contribution in [0.4, 0.5) is 5.69 Å². The molecule has 1 aliphatic rings. The Kier molecular flexibility index (Phi) is 4.50. The van der Waals surface area contributed by atoms with Gasteiger partial charge in [-0.25, -0.2) is 0 Å². The van der Waals surface area contributed by atoms with Crippen LogP contribution in [0.2, 0.25) is 19.6 Å². The van der Waals surface area contributed by atoms with E-state index in [4.69, 9.17) is 9.47 Å². The van der Waals surface area contributed by atoms with Crippen LogP contribution in [0.1, 0.15) is 16.7 Å². The number of rotatable bonds is 4. The smallest absolute Gasteiger partial charge is 0.270 e. The van der Waals surface area contributed by atoms with Gasteiger partial charge in [0.2, 0.25) is 0 Å². The van der Waals surface area contributed by atoms with E-state index >= 15 is 0 Å². The summed E-state index contributed by atoms with van der Waals surface area (Å²) in [6, 6.07) is 12.7. The zero-order chi connectivity index (χ0) is 19.1. The van der Waals surface area contributed by atoms with Crippen LogP contribution in [0.25, 0.3) is 6.08 Å². The fraction of sp³-hybridized carbons (Fsp3) is 0.300. The average Bonchev–Trinajstić information content (AvgIpc) is 2.59. The molecule has 0 aromatic heterocycles. The monoisotopic (exact) mass is 369 g/mol. The van der Waals surface area contributed by atoms with Gasteiger partial charge in [0.15, 0.2) is 0 Å². The second kappa shape index (κ2) is 6.37. The van der Waals surface area contributed by atoms with Crippen molar-refractivity contribution in [1.82, 2.24) is 0 Å². The van der Waals surface area contributed by atoms with Crippen LogP contribution in [0.15, 0.2) is 47.7 Å². The predicted octanol–water partition coefficient (Wildman–Crippen LogP) is 5.06. The molecule has 0 saturated carbocycles. The number of hydrogen-bond acceptors (Lipinski definition) is 4. The molecule has 5 nitrogen and oxygen atoms in total. The van der Waals surface area contributed by atoms with Crippen LogP contribution in [0, 0.1) is 17.0 Å². The number of nitro benzene ring substituents is 1. The molecule has 26 heavy (non-hydrogen) atoms. The van der Waals surface area contributed by atoms with Gasteiger partial charge in [-0.05, 0) is 29.8 Å². The molecule has 3 rings (SSSR count). The molecule has 0 N–H and O–H groups in total. The van der Waals surface area contributed by atoms with Gasteiger partial charge in [0.25, 0.3) is 11.5 Å². The summed E-state index contributed by atoms with van der Waals surface area (Å²) in [4.78, 5) is 10.8. The van der Waals surface area contributed by atoms with Crippen molar-refractivity contribution < 1.29 is 14.4 Å². The number of ether oxygens (including phenoxy) is 2. The van der Waals surface area contributed by atoms with Crippen LogP contribution in [-0.4, -0.2) is 20.1 Å². The summed E-state index contributed by atoms with van der Waals surface area (Å²) in [5.41, 5.74) is 2.81. The molecule has 136 valence electrons. The van der Waals surface area contributed by atoms with E-state index in [1.54, 1.807) is 19.2 Å². The highest BCUT2D eigenvalue weighted by Crippen LogP contribution is 2.47. The highest BCUT2D eigenvalue weighted by atomic mass is 28.3. The third-order valence-corrected chi connectivity index (χ3v) is 6.80. The number of benzene rings is 2. The molecule has 0 radical (unpaired) electrons. The lowest BCUT2D eigenvalue weighted by Crippen LogP contribution is -2.48. The summed E-state index contributed by atoms with van der Waals surface area (Å²) in [5.74, 6) is -0.429. The van der Waals surface area contributed by atoms with Crippen molar-refractivity contribution in [2.45, 2.75) is 32.4 Å². The summed E-state index contributed by atoms with van der Waals surface area (Å²) >= 11 is 0. The highest BCUT2D eigenvalue weighted by Gasteiger charge is 2.48. The molecule has 1 aliphatic heterocycles. The molecule has 1 unspecified atom stereocenters. The molecule has 2 aromatic carbocycles. The fourth-order valence-electron chi connectivity index (χ4n) is 3.43. The number of methoxy groups -OCH3 is 1. The Labute approximate surface area is 154 Å². The lowest BCUT2D eigenvalue weighted by molar-refractivity contribution is -0.384. The number of hydrogen-bond donors (Lipinski definition) is 0. The first kappa shape index (κ1) is 18.4. The summed E-state index contributed by atoms with van der Waals surface area (Å²) in [5, 5.41) is 12.2. The zero-order valence-corrected chi connectivity index (χ0v) is 16.7. The predicted molar refractivity (Wildman–Crippen MR) is 105 cm³/mol. The van der Waals surface area contributed by atoms with E-state index in [9.17, 15) is 10.1 Å². The zero-order valence-electron chi connectivity index (χ0n) is 15.7. The molecule has 6 heteroatoms. The summed E-state index contributed by atoms with van der Waals surface area (Å²) in [7, 11) is -0.241. The second-order valence-electron chi connectivity index (χ2n) is 7.52. The van der Waals surface area contributed by atoms with Crippen molar-refractivity contribution in [3.8, 4) is 5.75 Å². The number of aryl methyl sites for hydroxylation is 1. The molecule has 0 amide bonds. The third kappa shape index (κ3) is 2.95. The van der Waals surface area contributed by atoms with Gasteiger partial charge in [0, 0.05) is 30.4 Å². The Bertz CT molecular complexity index is 901. The van der Waals surface area contributed by atoms with E-state index in [-0.39, 0.29) is 10.6 Å². The maximum absolute atomic E-state index is 11.1. The Morgan fingerprint density at radius 3 is 2.42 bits per heavy atom. The van der Waals surface area contributed by atoms with Gasteiger partial charge in [-0.3, -0.25) is 10.1 Å². The Morgan fingerprint density at radius 2 is 1.85 bits per heavy atom. The Morgan fingerprint density at radius 1 is 1.15 bits per heavy atom. The van der Waals surface area contributed by atoms with Crippen LogP contribution in [0.3, 0.4) is 0 Å². The second-order valence-corrected chi connectivity index (χ2v) is 12.6. The van der Waals surface area contributed by atoms with E-state index in [2.05, 4.69) is 19.6 Å². The first-order valence-corrected chi connectivity index (χ1v) is 12.0. The fourth-order valence-corrected chi connectivity index (χ4v) is 5.29. The van der Waals surface area contributed by atoms with Crippen LogP contribution < -0.4 is 4.74 Å². The van der Waals surface area contributed by atoms with Gasteiger partial charge in [-0.15, -0.1) is 0 Å². The van der Waals surface area contributed by atoms with E-state index in [0.29, 0.717) is 5.75 Å². The molecular weight excluding hydrogens is 346 g/mol. The molecule has 2 aromatic rings. The topological polar surface area (TPSA) is 61.6 Å². The van der Waals surface area contributed by atoms with Gasteiger partial charge in [-0.1, -0.05) is 43.9 Å². The standard InChI is InChI=1S/C20H23NO4Si/c1-14-8-6-7-9-17(14)20(24-2)19(26(3,4)5)13-15-12-16(21(22)23)10-11-18(15)25-20/h6-13H,1-5H3. The number of non-ortho nitro benzene ring substituents is 1. The normalized spacial score (nSPS) is 19.3. The average molecular weight is 369 g/mol. The van der Waals surface area contributed by atoms with Crippen molar-refractivity contribution >= 4 is 19.8 Å². The maximum Gasteiger partial charge on any atom is 0.270 e. The molecular formula is C20H23NO4Si. The van der Waals surface area contributed by atoms with Crippen molar-refractivity contribution in [2.75, 3.05) is 7.11 Å². The summed E-state index contributed by atoms with van der Waals surface area (Å²) < 4.78 is 12.5. The first-order valence-electron chi connectivity index (χ1n) is 8.50. The quantitative estimate of drug-likeness (QED) is 0.429.